The number of nitrogens with zero attached hydrogens (tertiary/aromatic N) is 3. The summed E-state index contributed by atoms with van der Waals surface area (Å²) < 4.78 is 0. The van der Waals surface area contributed by atoms with Gasteiger partial charge in [-0.2, -0.15) is 0 Å². The summed E-state index contributed by atoms with van der Waals surface area (Å²) in [6, 6.07) is 0. The number of hydrogen-bond acceptors (Lipinski definition) is 4. The Morgan fingerprint density at radius 1 is 1.46 bits per heavy atom. The molecule has 4 nitrogen and oxygen atoms in total. The van der Waals surface area contributed by atoms with E-state index in [1.807, 2.05) is 0 Å². The van der Waals surface area contributed by atoms with Gasteiger partial charge in [0, 0.05) is 38.2 Å². The average molecular weight is 180 g/mol. The minimum absolute atomic E-state index is 0.689. The molecule has 2 N–H and O–H groups in total. The van der Waals surface area contributed by atoms with Gasteiger partial charge in [-0.1, -0.05) is 6.92 Å². The lowest BCUT2D eigenvalue weighted by Gasteiger charge is -2.18. The fraction of sp³-hybridized carbons (Fsp3) is 0.556. The Labute approximate surface area is 78.8 Å². The molecular weight excluding hydrogens is 164 g/mol. The van der Waals surface area contributed by atoms with Crippen molar-refractivity contribution in [2.75, 3.05) is 19.6 Å². The largest absolute Gasteiger partial charge is 0.329 e. The Kier molecular flexibility index (Phi) is 4.35. The highest BCUT2D eigenvalue weighted by molar-refractivity contribution is 4.94. The summed E-state index contributed by atoms with van der Waals surface area (Å²) in [7, 11) is 0. The van der Waals surface area contributed by atoms with Crippen molar-refractivity contribution in [2.24, 2.45) is 5.73 Å². The third-order valence-corrected chi connectivity index (χ3v) is 1.89. The molecule has 0 bridgehead atoms. The summed E-state index contributed by atoms with van der Waals surface area (Å²) in [5.74, 6) is 0. The quantitative estimate of drug-likeness (QED) is 0.706. The van der Waals surface area contributed by atoms with Crippen molar-refractivity contribution >= 4 is 0 Å². The van der Waals surface area contributed by atoms with E-state index in [-0.39, 0.29) is 0 Å². The van der Waals surface area contributed by atoms with Gasteiger partial charge in [-0.05, 0) is 6.54 Å². The second-order valence-corrected chi connectivity index (χ2v) is 2.85. The van der Waals surface area contributed by atoms with Crippen LogP contribution in [0.25, 0.3) is 0 Å². The fourth-order valence-corrected chi connectivity index (χ4v) is 1.17. The van der Waals surface area contributed by atoms with Crippen LogP contribution in [0.1, 0.15) is 12.6 Å². The van der Waals surface area contributed by atoms with Crippen molar-refractivity contribution in [2.45, 2.75) is 13.5 Å². The summed E-state index contributed by atoms with van der Waals surface area (Å²) >= 11 is 0. The van der Waals surface area contributed by atoms with Crippen LogP contribution in [0.3, 0.4) is 0 Å². The van der Waals surface area contributed by atoms with E-state index in [2.05, 4.69) is 21.8 Å². The second-order valence-electron chi connectivity index (χ2n) is 2.85. The highest BCUT2D eigenvalue weighted by Crippen LogP contribution is 1.97. The van der Waals surface area contributed by atoms with Crippen molar-refractivity contribution in [1.29, 1.82) is 0 Å². The molecule has 0 spiro atoms. The Balaban J connectivity index is 2.46. The van der Waals surface area contributed by atoms with Gasteiger partial charge in [0.15, 0.2) is 0 Å². The van der Waals surface area contributed by atoms with Crippen LogP contribution in [0.2, 0.25) is 0 Å². The van der Waals surface area contributed by atoms with E-state index in [1.165, 1.54) is 0 Å². The zero-order valence-electron chi connectivity index (χ0n) is 7.98. The minimum Gasteiger partial charge on any atom is -0.329 e. The fourth-order valence-electron chi connectivity index (χ4n) is 1.17. The molecule has 0 radical (unpaired) electrons. The number of rotatable bonds is 5. The normalized spacial score (nSPS) is 10.7. The van der Waals surface area contributed by atoms with Gasteiger partial charge >= 0.3 is 0 Å². The summed E-state index contributed by atoms with van der Waals surface area (Å²) in [6.45, 7) is 5.54. The molecule has 0 aromatic carbocycles. The van der Waals surface area contributed by atoms with Gasteiger partial charge in [0.25, 0.3) is 0 Å². The third-order valence-electron chi connectivity index (χ3n) is 1.89. The maximum Gasteiger partial charge on any atom is 0.0726 e. The predicted molar refractivity (Wildman–Crippen MR) is 52.0 cm³/mol. The van der Waals surface area contributed by atoms with Crippen LogP contribution in [-0.2, 0) is 6.54 Å². The second kappa shape index (κ2) is 5.61. The van der Waals surface area contributed by atoms with E-state index in [0.29, 0.717) is 6.54 Å². The maximum atomic E-state index is 5.48. The molecule has 1 heterocycles. The van der Waals surface area contributed by atoms with E-state index < -0.39 is 0 Å². The Morgan fingerprint density at radius 2 is 2.31 bits per heavy atom. The molecule has 0 atom stereocenters. The van der Waals surface area contributed by atoms with Gasteiger partial charge in [0.2, 0.25) is 0 Å². The van der Waals surface area contributed by atoms with E-state index in [9.17, 15) is 0 Å². The zero-order valence-corrected chi connectivity index (χ0v) is 7.98. The number of nitrogens with two attached hydrogens (primary N) is 1. The molecule has 0 aliphatic carbocycles. The summed E-state index contributed by atoms with van der Waals surface area (Å²) in [5, 5.41) is 0. The molecular formula is C9H16N4. The van der Waals surface area contributed by atoms with Gasteiger partial charge in [0.05, 0.1) is 5.69 Å². The molecule has 0 saturated carbocycles. The first kappa shape index (κ1) is 10.1. The summed E-state index contributed by atoms with van der Waals surface area (Å²) in [6.07, 6.45) is 5.19. The molecule has 0 aliphatic rings. The Hall–Kier alpha value is -1.00. The minimum atomic E-state index is 0.689. The topological polar surface area (TPSA) is 55.0 Å². The molecule has 0 saturated heterocycles. The molecule has 0 unspecified atom stereocenters. The van der Waals surface area contributed by atoms with E-state index in [4.69, 9.17) is 5.73 Å². The zero-order chi connectivity index (χ0) is 9.52. The van der Waals surface area contributed by atoms with Gasteiger partial charge < -0.3 is 5.73 Å². The molecule has 1 rings (SSSR count). The smallest absolute Gasteiger partial charge is 0.0726 e. The molecule has 0 aliphatic heterocycles. The van der Waals surface area contributed by atoms with Crippen molar-refractivity contribution < 1.29 is 0 Å². The molecule has 0 fully saturated rings. The highest BCUT2D eigenvalue weighted by Gasteiger charge is 2.02. The van der Waals surface area contributed by atoms with Crippen molar-refractivity contribution in [1.82, 2.24) is 14.9 Å². The van der Waals surface area contributed by atoms with Gasteiger partial charge in [-0.25, -0.2) is 0 Å². The van der Waals surface area contributed by atoms with E-state index in [0.717, 1.165) is 25.3 Å². The van der Waals surface area contributed by atoms with Gasteiger partial charge in [0.1, 0.15) is 0 Å². The van der Waals surface area contributed by atoms with Crippen molar-refractivity contribution in [3.63, 3.8) is 0 Å². The van der Waals surface area contributed by atoms with Crippen LogP contribution in [-0.4, -0.2) is 34.5 Å². The molecule has 0 amide bonds. The lowest BCUT2D eigenvalue weighted by molar-refractivity contribution is 0.284. The first-order chi connectivity index (χ1) is 6.36. The van der Waals surface area contributed by atoms with Crippen LogP contribution in [0.4, 0.5) is 0 Å². The Morgan fingerprint density at radius 3 is 2.85 bits per heavy atom. The number of hydrogen-bond donors (Lipinski definition) is 1. The van der Waals surface area contributed by atoms with Crippen LogP contribution < -0.4 is 5.73 Å². The standard InChI is InChI=1S/C9H16N4/c1-2-13(6-3-10)8-9-7-11-4-5-12-9/h4-5,7H,2-3,6,8,10H2,1H3. The van der Waals surface area contributed by atoms with Crippen LogP contribution >= 0.6 is 0 Å². The average Bonchev–Trinajstić information content (AvgIpc) is 2.19. The SMILES string of the molecule is CCN(CCN)Cc1cnccn1. The Bertz CT molecular complexity index is 224. The maximum absolute atomic E-state index is 5.48. The monoisotopic (exact) mass is 180 g/mol. The van der Waals surface area contributed by atoms with Crippen LogP contribution in [0.15, 0.2) is 18.6 Å². The molecule has 72 valence electrons. The lowest BCUT2D eigenvalue weighted by Crippen LogP contribution is -2.29. The molecule has 4 heteroatoms. The van der Waals surface area contributed by atoms with Crippen molar-refractivity contribution in [3.05, 3.63) is 24.3 Å². The van der Waals surface area contributed by atoms with Crippen LogP contribution in [0.5, 0.6) is 0 Å². The molecule has 13 heavy (non-hydrogen) atoms. The summed E-state index contributed by atoms with van der Waals surface area (Å²) in [5.41, 5.74) is 6.48. The third kappa shape index (κ3) is 3.48. The lowest BCUT2D eigenvalue weighted by atomic mass is 10.4. The van der Waals surface area contributed by atoms with Gasteiger partial charge in [-0.3, -0.25) is 14.9 Å². The predicted octanol–water partition coefficient (Wildman–Crippen LogP) is 0.257. The first-order valence-electron chi connectivity index (χ1n) is 4.54. The van der Waals surface area contributed by atoms with E-state index in [1.54, 1.807) is 18.6 Å². The summed E-state index contributed by atoms with van der Waals surface area (Å²) in [4.78, 5) is 10.5. The van der Waals surface area contributed by atoms with E-state index >= 15 is 0 Å². The molecule has 1 aromatic heterocycles. The van der Waals surface area contributed by atoms with Crippen molar-refractivity contribution in [3.8, 4) is 0 Å². The first-order valence-corrected chi connectivity index (χ1v) is 4.54. The number of aromatic nitrogens is 2. The molecule has 1 aromatic rings. The highest BCUT2D eigenvalue weighted by atomic mass is 15.1. The van der Waals surface area contributed by atoms with Gasteiger partial charge in [-0.15, -0.1) is 0 Å². The number of likely N-dealkylation sites (N-methyl/N-ethyl adjacent to an activating group) is 1. The van der Waals surface area contributed by atoms with Crippen LogP contribution in [0, 0.1) is 0 Å².